The number of halogens is 5. The number of likely N-dealkylation sites (tertiary alicyclic amines) is 1. The van der Waals surface area contributed by atoms with Gasteiger partial charge in [-0.25, -0.2) is 0 Å². The summed E-state index contributed by atoms with van der Waals surface area (Å²) < 4.78 is 40.3. The van der Waals surface area contributed by atoms with Gasteiger partial charge in [0.15, 0.2) is 0 Å². The van der Waals surface area contributed by atoms with Crippen molar-refractivity contribution in [3.8, 4) is 0 Å². The Morgan fingerprint density at radius 2 is 1.73 bits per heavy atom. The normalized spacial score (nSPS) is 25.6. The molecule has 1 saturated carbocycles. The largest absolute Gasteiger partial charge is 0.481 e. The van der Waals surface area contributed by atoms with Gasteiger partial charge in [0.1, 0.15) is 0 Å². The zero-order valence-corrected chi connectivity index (χ0v) is 19.9. The van der Waals surface area contributed by atoms with E-state index >= 15 is 0 Å². The first kappa shape index (κ1) is 27.7. The summed E-state index contributed by atoms with van der Waals surface area (Å²) in [5, 5.41) is 12.6. The standard InChI is InChI=1S/C22H28F3N3O3.2ClH/c1-14(19(29)30)21(12-26-13-21)27-9-7-16(8-10-27)28(20(31)22(23,24)25)18-11-17(18)15-5-3-2-4-6-15;;/h2-6,14,16-18,26H,7-13H2,1H3,(H,29,30);2*1H/t14?,17-,18+;;/m0../s1. The molecule has 2 saturated heterocycles. The Hall–Kier alpha value is -1.55. The van der Waals surface area contributed by atoms with Crippen molar-refractivity contribution in [2.24, 2.45) is 5.92 Å². The van der Waals surface area contributed by atoms with Crippen molar-refractivity contribution in [1.82, 2.24) is 15.1 Å². The maximum atomic E-state index is 13.4. The average molecular weight is 512 g/mol. The molecule has 0 radical (unpaired) electrons. The van der Waals surface area contributed by atoms with Gasteiger partial charge in [-0.15, -0.1) is 24.8 Å². The van der Waals surface area contributed by atoms with Crippen molar-refractivity contribution >= 4 is 36.7 Å². The van der Waals surface area contributed by atoms with Gasteiger partial charge in [-0.1, -0.05) is 37.3 Å². The molecule has 2 N–H and O–H groups in total. The highest BCUT2D eigenvalue weighted by atomic mass is 35.5. The number of alkyl halides is 3. The Balaban J connectivity index is 0.00000193. The SMILES string of the molecule is CC(C(=O)O)C1(N2CCC(N(C(=O)C(F)(F)F)[C@@H]3C[C@H]3c3ccccc3)CC2)CNC1.Cl.Cl. The number of hydrogen-bond acceptors (Lipinski definition) is 4. The first-order valence-corrected chi connectivity index (χ1v) is 10.8. The third-order valence-corrected chi connectivity index (χ3v) is 7.35. The van der Waals surface area contributed by atoms with Crippen LogP contribution in [0.1, 0.15) is 37.7 Å². The minimum atomic E-state index is -4.90. The Bertz CT molecular complexity index is 831. The second-order valence-electron chi connectivity index (χ2n) is 9.02. The fourth-order valence-corrected chi connectivity index (χ4v) is 5.29. The Kier molecular flexibility index (Phi) is 8.71. The number of rotatable bonds is 6. The van der Waals surface area contributed by atoms with Crippen molar-refractivity contribution in [3.05, 3.63) is 35.9 Å². The molecule has 33 heavy (non-hydrogen) atoms. The fraction of sp³-hybridized carbons (Fsp3) is 0.636. The van der Waals surface area contributed by atoms with Crippen LogP contribution in [-0.4, -0.2) is 76.8 Å². The number of carboxylic acid groups (broad SMARTS) is 1. The summed E-state index contributed by atoms with van der Waals surface area (Å²) in [6, 6.07) is 8.43. The highest BCUT2D eigenvalue weighted by Crippen LogP contribution is 2.47. The quantitative estimate of drug-likeness (QED) is 0.612. The lowest BCUT2D eigenvalue weighted by molar-refractivity contribution is -0.190. The van der Waals surface area contributed by atoms with E-state index in [1.54, 1.807) is 6.92 Å². The molecule has 1 aromatic carbocycles. The van der Waals surface area contributed by atoms with E-state index in [-0.39, 0.29) is 30.7 Å². The molecule has 3 aliphatic rings. The first-order chi connectivity index (χ1) is 14.6. The van der Waals surface area contributed by atoms with Crippen molar-refractivity contribution < 1.29 is 27.9 Å². The summed E-state index contributed by atoms with van der Waals surface area (Å²) in [5.41, 5.74) is 0.446. The van der Waals surface area contributed by atoms with Crippen molar-refractivity contribution in [3.63, 3.8) is 0 Å². The number of carbonyl (C=O) groups excluding carboxylic acids is 1. The highest BCUT2D eigenvalue weighted by molar-refractivity contribution is 5.85. The molecule has 1 aliphatic carbocycles. The number of nitrogens with one attached hydrogen (secondary N) is 1. The van der Waals surface area contributed by atoms with Crippen LogP contribution in [0.4, 0.5) is 13.2 Å². The molecular formula is C22H30Cl2F3N3O3. The molecular weight excluding hydrogens is 482 g/mol. The lowest BCUT2D eigenvalue weighted by Gasteiger charge is -2.55. The molecule has 4 rings (SSSR count). The van der Waals surface area contributed by atoms with Crippen LogP contribution >= 0.6 is 24.8 Å². The van der Waals surface area contributed by atoms with E-state index in [1.807, 2.05) is 30.3 Å². The summed E-state index contributed by atoms with van der Waals surface area (Å²) in [7, 11) is 0. The molecule has 0 bridgehead atoms. The highest BCUT2D eigenvalue weighted by Gasteiger charge is 2.56. The van der Waals surface area contributed by atoms with E-state index in [0.717, 1.165) is 10.5 Å². The van der Waals surface area contributed by atoms with Gasteiger partial charge < -0.3 is 15.3 Å². The van der Waals surface area contributed by atoms with E-state index in [2.05, 4.69) is 10.2 Å². The van der Waals surface area contributed by atoms with Crippen LogP contribution in [0.5, 0.6) is 0 Å². The number of amides is 1. The van der Waals surface area contributed by atoms with Crippen molar-refractivity contribution in [2.75, 3.05) is 26.2 Å². The number of nitrogens with zero attached hydrogens (tertiary/aromatic N) is 2. The zero-order valence-electron chi connectivity index (χ0n) is 18.3. The molecule has 6 nitrogen and oxygen atoms in total. The van der Waals surface area contributed by atoms with E-state index in [1.165, 1.54) is 0 Å². The minimum absolute atomic E-state index is 0. The summed E-state index contributed by atoms with van der Waals surface area (Å²) >= 11 is 0. The maximum absolute atomic E-state index is 13.4. The van der Waals surface area contributed by atoms with Gasteiger partial charge in [0.2, 0.25) is 0 Å². The molecule has 2 aliphatic heterocycles. The van der Waals surface area contributed by atoms with Crippen LogP contribution < -0.4 is 5.32 Å². The number of carbonyl (C=O) groups is 2. The lowest BCUT2D eigenvalue weighted by atomic mass is 9.77. The summed E-state index contributed by atoms with van der Waals surface area (Å²) in [6.07, 6.45) is -3.55. The number of hydrogen-bond donors (Lipinski definition) is 2. The molecule has 3 atom stereocenters. The summed E-state index contributed by atoms with van der Waals surface area (Å²) in [5.74, 6) is -3.28. The fourth-order valence-electron chi connectivity index (χ4n) is 5.29. The van der Waals surface area contributed by atoms with Gasteiger partial charge in [-0.05, 0) is 24.8 Å². The minimum Gasteiger partial charge on any atom is -0.481 e. The van der Waals surface area contributed by atoms with Crippen LogP contribution in [0, 0.1) is 5.92 Å². The van der Waals surface area contributed by atoms with Crippen LogP contribution in [-0.2, 0) is 9.59 Å². The van der Waals surface area contributed by atoms with Gasteiger partial charge in [0.25, 0.3) is 0 Å². The smallest absolute Gasteiger partial charge is 0.471 e. The Labute approximate surface area is 203 Å². The topological polar surface area (TPSA) is 72.9 Å². The van der Waals surface area contributed by atoms with E-state index in [4.69, 9.17) is 0 Å². The van der Waals surface area contributed by atoms with Crippen LogP contribution in [0.15, 0.2) is 30.3 Å². The maximum Gasteiger partial charge on any atom is 0.471 e. The second kappa shape index (κ2) is 10.4. The number of carboxylic acids is 1. The van der Waals surface area contributed by atoms with Gasteiger partial charge in [-0.3, -0.25) is 14.5 Å². The third-order valence-electron chi connectivity index (χ3n) is 7.35. The third kappa shape index (κ3) is 5.26. The van der Waals surface area contributed by atoms with Gasteiger partial charge >= 0.3 is 18.1 Å². The zero-order chi connectivity index (χ0) is 22.4. The van der Waals surface area contributed by atoms with Crippen LogP contribution in [0.3, 0.4) is 0 Å². The summed E-state index contributed by atoms with van der Waals surface area (Å²) in [6.45, 7) is 3.75. The predicted molar refractivity (Wildman–Crippen MR) is 122 cm³/mol. The molecule has 0 aromatic heterocycles. The first-order valence-electron chi connectivity index (χ1n) is 10.8. The van der Waals surface area contributed by atoms with Crippen LogP contribution in [0.2, 0.25) is 0 Å². The Morgan fingerprint density at radius 1 is 1.15 bits per heavy atom. The Morgan fingerprint density at radius 3 is 2.18 bits per heavy atom. The molecule has 11 heteroatoms. The molecule has 2 heterocycles. The molecule has 1 amide bonds. The van der Waals surface area contributed by atoms with E-state index < -0.39 is 41.6 Å². The van der Waals surface area contributed by atoms with Crippen molar-refractivity contribution in [2.45, 2.75) is 55.9 Å². The van der Waals surface area contributed by atoms with Gasteiger partial charge in [0.05, 0.1) is 11.5 Å². The number of aliphatic carboxylic acids is 1. The second-order valence-corrected chi connectivity index (χ2v) is 9.02. The van der Waals surface area contributed by atoms with Gasteiger partial charge in [0, 0.05) is 44.2 Å². The summed E-state index contributed by atoms with van der Waals surface area (Å²) in [4.78, 5) is 27.1. The van der Waals surface area contributed by atoms with E-state index in [9.17, 15) is 27.9 Å². The molecule has 186 valence electrons. The van der Waals surface area contributed by atoms with Gasteiger partial charge in [-0.2, -0.15) is 13.2 Å². The molecule has 1 aromatic rings. The van der Waals surface area contributed by atoms with E-state index in [0.29, 0.717) is 45.4 Å². The molecule has 0 spiro atoms. The van der Waals surface area contributed by atoms with Crippen molar-refractivity contribution in [1.29, 1.82) is 0 Å². The average Bonchev–Trinajstić information content (AvgIpc) is 3.48. The molecule has 3 fully saturated rings. The molecule has 1 unspecified atom stereocenters. The predicted octanol–water partition coefficient (Wildman–Crippen LogP) is 3.30. The lowest BCUT2D eigenvalue weighted by Crippen LogP contribution is -2.74. The number of benzene rings is 1. The van der Waals surface area contributed by atoms with Crippen LogP contribution in [0.25, 0.3) is 0 Å². The monoisotopic (exact) mass is 511 g/mol. The number of piperidine rings is 1.